The van der Waals surface area contributed by atoms with Crippen molar-refractivity contribution in [3.8, 4) is 5.75 Å². The van der Waals surface area contributed by atoms with Gasteiger partial charge in [-0.05, 0) is 38.2 Å². The molecule has 2 atom stereocenters. The first-order chi connectivity index (χ1) is 10.6. The van der Waals surface area contributed by atoms with Crippen LogP contribution in [-0.4, -0.2) is 62.6 Å². The maximum Gasteiger partial charge on any atom is 0.233 e. The van der Waals surface area contributed by atoms with Crippen LogP contribution in [0.25, 0.3) is 0 Å². The molecule has 6 heteroatoms. The van der Waals surface area contributed by atoms with Crippen molar-refractivity contribution in [2.75, 3.05) is 40.4 Å². The topological polar surface area (TPSA) is 50.8 Å². The van der Waals surface area contributed by atoms with Gasteiger partial charge in [-0.3, -0.25) is 4.79 Å². The fourth-order valence-corrected chi connectivity index (χ4v) is 3.15. The lowest BCUT2D eigenvalue weighted by atomic mass is 10.3. The average molecular weight is 324 g/mol. The van der Waals surface area contributed by atoms with Crippen LogP contribution in [0.15, 0.2) is 29.2 Å². The average Bonchev–Trinajstić information content (AvgIpc) is 2.53. The third-order valence-electron chi connectivity index (χ3n) is 3.59. The molecule has 0 aliphatic carbocycles. The molecule has 0 radical (unpaired) electrons. The van der Waals surface area contributed by atoms with E-state index >= 15 is 0 Å². The van der Waals surface area contributed by atoms with Crippen molar-refractivity contribution in [2.45, 2.75) is 23.2 Å². The highest BCUT2D eigenvalue weighted by Gasteiger charge is 2.20. The molecule has 1 aromatic rings. The van der Waals surface area contributed by atoms with Crippen molar-refractivity contribution in [3.63, 3.8) is 0 Å². The Bertz CT molecular complexity index is 481. The molecule has 1 fully saturated rings. The molecule has 1 aromatic carbocycles. The van der Waals surface area contributed by atoms with E-state index in [0.29, 0.717) is 6.54 Å². The third kappa shape index (κ3) is 5.19. The second kappa shape index (κ2) is 8.41. The minimum Gasteiger partial charge on any atom is -0.497 e. The number of thioether (sulfide) groups is 1. The summed E-state index contributed by atoms with van der Waals surface area (Å²) >= 11 is 1.54. The molecule has 1 saturated heterocycles. The summed E-state index contributed by atoms with van der Waals surface area (Å²) in [5, 5.41) is 2.84. The van der Waals surface area contributed by atoms with Crippen LogP contribution < -0.4 is 10.1 Å². The second-order valence-electron chi connectivity index (χ2n) is 5.44. The Labute approximate surface area is 136 Å². The van der Waals surface area contributed by atoms with Crippen molar-refractivity contribution in [1.29, 1.82) is 0 Å². The van der Waals surface area contributed by atoms with Gasteiger partial charge in [0.05, 0.1) is 25.1 Å². The van der Waals surface area contributed by atoms with Gasteiger partial charge in [0.15, 0.2) is 0 Å². The standard InChI is InChI=1S/C16H24N2O3S/c1-12(22-15-6-4-13(20-3)5-7-15)16(19)17-10-14-11-18(2)8-9-21-14/h4-7,12,14H,8-11H2,1-3H3,(H,17,19)/t12-,14-/m1/s1. The lowest BCUT2D eigenvalue weighted by Crippen LogP contribution is -2.47. The van der Waals surface area contributed by atoms with Crippen LogP contribution in [0, 0.1) is 0 Å². The number of nitrogens with zero attached hydrogens (tertiary/aromatic N) is 1. The van der Waals surface area contributed by atoms with Crippen LogP contribution in [0.2, 0.25) is 0 Å². The van der Waals surface area contributed by atoms with Crippen LogP contribution in [0.3, 0.4) is 0 Å². The summed E-state index contributed by atoms with van der Waals surface area (Å²) in [6, 6.07) is 7.73. The van der Waals surface area contributed by atoms with E-state index in [1.165, 1.54) is 11.8 Å². The Kier molecular flexibility index (Phi) is 6.54. The Hall–Kier alpha value is -1.24. The van der Waals surface area contributed by atoms with Crippen molar-refractivity contribution >= 4 is 17.7 Å². The smallest absolute Gasteiger partial charge is 0.233 e. The Morgan fingerprint density at radius 2 is 2.23 bits per heavy atom. The molecule has 1 aliphatic rings. The van der Waals surface area contributed by atoms with Gasteiger partial charge in [-0.1, -0.05) is 0 Å². The number of hydrogen-bond donors (Lipinski definition) is 1. The summed E-state index contributed by atoms with van der Waals surface area (Å²) < 4.78 is 10.8. The Balaban J connectivity index is 1.76. The number of ether oxygens (including phenoxy) is 2. The molecular formula is C16H24N2O3S. The summed E-state index contributed by atoms with van der Waals surface area (Å²) in [4.78, 5) is 15.4. The van der Waals surface area contributed by atoms with Crippen LogP contribution >= 0.6 is 11.8 Å². The van der Waals surface area contributed by atoms with Crippen LogP contribution in [-0.2, 0) is 9.53 Å². The fourth-order valence-electron chi connectivity index (χ4n) is 2.26. The Morgan fingerprint density at radius 1 is 1.50 bits per heavy atom. The Morgan fingerprint density at radius 3 is 2.86 bits per heavy atom. The molecule has 22 heavy (non-hydrogen) atoms. The number of likely N-dealkylation sites (N-methyl/N-ethyl adjacent to an activating group) is 1. The van der Waals surface area contributed by atoms with Gasteiger partial charge in [-0.25, -0.2) is 0 Å². The lowest BCUT2D eigenvalue weighted by molar-refractivity contribution is -0.121. The molecule has 1 amide bonds. The summed E-state index contributed by atoms with van der Waals surface area (Å²) in [6.07, 6.45) is 0.0842. The SMILES string of the molecule is COc1ccc(S[C@H](C)C(=O)NC[C@@H]2CN(C)CCO2)cc1. The van der Waals surface area contributed by atoms with E-state index in [1.54, 1.807) is 7.11 Å². The molecule has 0 bridgehead atoms. The highest BCUT2D eigenvalue weighted by molar-refractivity contribution is 8.00. The van der Waals surface area contributed by atoms with E-state index < -0.39 is 0 Å². The van der Waals surface area contributed by atoms with Gasteiger partial charge in [0.1, 0.15) is 5.75 Å². The van der Waals surface area contributed by atoms with Gasteiger partial charge >= 0.3 is 0 Å². The monoisotopic (exact) mass is 324 g/mol. The third-order valence-corrected chi connectivity index (χ3v) is 4.70. The zero-order valence-electron chi connectivity index (χ0n) is 13.4. The molecule has 1 aliphatic heterocycles. The molecular weight excluding hydrogens is 300 g/mol. The highest BCUT2D eigenvalue weighted by Crippen LogP contribution is 2.25. The quantitative estimate of drug-likeness (QED) is 0.806. The van der Waals surface area contributed by atoms with E-state index in [-0.39, 0.29) is 17.3 Å². The van der Waals surface area contributed by atoms with E-state index in [2.05, 4.69) is 17.3 Å². The number of rotatable bonds is 6. The maximum atomic E-state index is 12.2. The van der Waals surface area contributed by atoms with Crippen molar-refractivity contribution < 1.29 is 14.3 Å². The largest absolute Gasteiger partial charge is 0.497 e. The number of methoxy groups -OCH3 is 1. The van der Waals surface area contributed by atoms with Gasteiger partial charge in [-0.15, -0.1) is 11.8 Å². The van der Waals surface area contributed by atoms with Crippen LogP contribution in [0.4, 0.5) is 0 Å². The normalized spacial score (nSPS) is 20.4. The second-order valence-corrected chi connectivity index (χ2v) is 6.85. The molecule has 0 unspecified atom stereocenters. The summed E-state index contributed by atoms with van der Waals surface area (Å²) in [7, 11) is 3.71. The zero-order chi connectivity index (χ0) is 15.9. The number of morpholine rings is 1. The predicted molar refractivity (Wildman–Crippen MR) is 88.6 cm³/mol. The van der Waals surface area contributed by atoms with Crippen molar-refractivity contribution in [2.24, 2.45) is 0 Å². The van der Waals surface area contributed by atoms with Gasteiger partial charge in [0.25, 0.3) is 0 Å². The van der Waals surface area contributed by atoms with Crippen LogP contribution in [0.5, 0.6) is 5.75 Å². The van der Waals surface area contributed by atoms with E-state index in [9.17, 15) is 4.79 Å². The molecule has 0 saturated carbocycles. The predicted octanol–water partition coefficient (Wildman–Crippen LogP) is 1.62. The van der Waals surface area contributed by atoms with Gasteiger partial charge in [0.2, 0.25) is 5.91 Å². The first-order valence-electron chi connectivity index (χ1n) is 7.47. The molecule has 1 N–H and O–H groups in total. The van der Waals surface area contributed by atoms with Crippen LogP contribution in [0.1, 0.15) is 6.92 Å². The molecule has 0 aromatic heterocycles. The van der Waals surface area contributed by atoms with Gasteiger partial charge < -0.3 is 19.7 Å². The molecule has 1 heterocycles. The van der Waals surface area contributed by atoms with E-state index in [1.807, 2.05) is 31.2 Å². The van der Waals surface area contributed by atoms with E-state index in [4.69, 9.17) is 9.47 Å². The minimum absolute atomic E-state index is 0.0395. The minimum atomic E-state index is -0.144. The molecule has 2 rings (SSSR count). The van der Waals surface area contributed by atoms with Gasteiger partial charge in [-0.2, -0.15) is 0 Å². The highest BCUT2D eigenvalue weighted by atomic mass is 32.2. The summed E-state index contributed by atoms with van der Waals surface area (Å²) in [5.41, 5.74) is 0. The van der Waals surface area contributed by atoms with Crippen molar-refractivity contribution in [1.82, 2.24) is 10.2 Å². The number of amides is 1. The number of hydrogen-bond acceptors (Lipinski definition) is 5. The van der Waals surface area contributed by atoms with E-state index in [0.717, 1.165) is 30.3 Å². The zero-order valence-corrected chi connectivity index (χ0v) is 14.2. The summed E-state index contributed by atoms with van der Waals surface area (Å²) in [5.74, 6) is 0.859. The maximum absolute atomic E-state index is 12.2. The fraction of sp³-hybridized carbons (Fsp3) is 0.562. The van der Waals surface area contributed by atoms with Gasteiger partial charge in [0, 0.05) is 24.5 Å². The molecule has 5 nitrogen and oxygen atoms in total. The number of carbonyl (C=O) groups excluding carboxylic acids is 1. The summed E-state index contributed by atoms with van der Waals surface area (Å²) in [6.45, 7) is 5.02. The molecule has 122 valence electrons. The number of nitrogens with one attached hydrogen (secondary N) is 1. The number of benzene rings is 1. The first-order valence-corrected chi connectivity index (χ1v) is 8.35. The lowest BCUT2D eigenvalue weighted by Gasteiger charge is -2.30. The first kappa shape index (κ1) is 17.1. The molecule has 0 spiro atoms. The number of carbonyl (C=O) groups is 1. The van der Waals surface area contributed by atoms with Crippen molar-refractivity contribution in [3.05, 3.63) is 24.3 Å².